The molecule has 1 aromatic rings. The zero-order chi connectivity index (χ0) is 12.8. The Balaban J connectivity index is 1.83. The number of hydrogen-bond donors (Lipinski definition) is 1. The number of piperazine rings is 1. The maximum atomic E-state index is 11.8. The summed E-state index contributed by atoms with van der Waals surface area (Å²) in [4.78, 5) is 20.3. The van der Waals surface area contributed by atoms with Crippen LogP contribution in [0.25, 0.3) is 0 Å². The van der Waals surface area contributed by atoms with Crippen molar-refractivity contribution in [3.8, 4) is 0 Å². The summed E-state index contributed by atoms with van der Waals surface area (Å²) in [5, 5.41) is 3.07. The van der Waals surface area contributed by atoms with Gasteiger partial charge in [-0.2, -0.15) is 0 Å². The van der Waals surface area contributed by atoms with Crippen molar-refractivity contribution in [2.75, 3.05) is 44.2 Å². The van der Waals surface area contributed by atoms with Crippen molar-refractivity contribution in [1.82, 2.24) is 15.2 Å². The van der Waals surface area contributed by atoms with Gasteiger partial charge in [-0.25, -0.2) is 4.98 Å². The van der Waals surface area contributed by atoms with Gasteiger partial charge < -0.3 is 15.1 Å². The molecule has 0 saturated carbocycles. The van der Waals surface area contributed by atoms with Crippen molar-refractivity contribution in [3.63, 3.8) is 0 Å². The van der Waals surface area contributed by atoms with Gasteiger partial charge in [-0.05, 0) is 18.7 Å². The standard InChI is InChI=1S/C13H20N4O/c1-2-14-11-13(18)17-9-7-16(8-10-17)12-5-3-4-6-15-12/h3-6,14H,2,7-11H2,1H3. The molecule has 18 heavy (non-hydrogen) atoms. The molecule has 0 aliphatic carbocycles. The van der Waals surface area contributed by atoms with E-state index in [4.69, 9.17) is 0 Å². The number of hydrogen-bond acceptors (Lipinski definition) is 4. The lowest BCUT2D eigenvalue weighted by molar-refractivity contribution is -0.130. The number of rotatable bonds is 4. The van der Waals surface area contributed by atoms with Crippen LogP contribution >= 0.6 is 0 Å². The molecule has 1 amide bonds. The molecule has 98 valence electrons. The molecule has 0 aromatic carbocycles. The molecule has 1 aromatic heterocycles. The molecule has 0 unspecified atom stereocenters. The molecule has 1 fully saturated rings. The second kappa shape index (κ2) is 6.35. The van der Waals surface area contributed by atoms with Crippen molar-refractivity contribution in [2.24, 2.45) is 0 Å². The van der Waals surface area contributed by atoms with E-state index in [1.165, 1.54) is 0 Å². The third-order valence-electron chi connectivity index (χ3n) is 3.13. The first-order valence-corrected chi connectivity index (χ1v) is 6.45. The summed E-state index contributed by atoms with van der Waals surface area (Å²) in [5.41, 5.74) is 0. The first-order valence-electron chi connectivity index (χ1n) is 6.45. The van der Waals surface area contributed by atoms with Gasteiger partial charge in [0.2, 0.25) is 5.91 Å². The lowest BCUT2D eigenvalue weighted by Crippen LogP contribution is -2.51. The SMILES string of the molecule is CCNCC(=O)N1CCN(c2ccccn2)CC1. The van der Waals surface area contributed by atoms with Gasteiger partial charge >= 0.3 is 0 Å². The fraction of sp³-hybridized carbons (Fsp3) is 0.538. The van der Waals surface area contributed by atoms with E-state index in [-0.39, 0.29) is 5.91 Å². The van der Waals surface area contributed by atoms with Crippen LogP contribution in [0.2, 0.25) is 0 Å². The van der Waals surface area contributed by atoms with E-state index >= 15 is 0 Å². The molecule has 1 saturated heterocycles. The number of pyridine rings is 1. The number of carbonyl (C=O) groups excluding carboxylic acids is 1. The third kappa shape index (κ3) is 3.20. The average molecular weight is 248 g/mol. The van der Waals surface area contributed by atoms with Crippen molar-refractivity contribution in [3.05, 3.63) is 24.4 Å². The van der Waals surface area contributed by atoms with Gasteiger partial charge in [-0.15, -0.1) is 0 Å². The molecule has 2 rings (SSSR count). The summed E-state index contributed by atoms with van der Waals surface area (Å²) in [6.45, 7) is 6.55. The number of likely N-dealkylation sites (N-methyl/N-ethyl adjacent to an activating group) is 1. The van der Waals surface area contributed by atoms with Gasteiger partial charge in [0.15, 0.2) is 0 Å². The lowest BCUT2D eigenvalue weighted by Gasteiger charge is -2.35. The Morgan fingerprint density at radius 3 is 2.72 bits per heavy atom. The fourth-order valence-corrected chi connectivity index (χ4v) is 2.07. The highest BCUT2D eigenvalue weighted by Crippen LogP contribution is 2.12. The van der Waals surface area contributed by atoms with Gasteiger partial charge in [0.1, 0.15) is 5.82 Å². The minimum atomic E-state index is 0.192. The van der Waals surface area contributed by atoms with Gasteiger partial charge in [-0.1, -0.05) is 13.0 Å². The van der Waals surface area contributed by atoms with Crippen LogP contribution < -0.4 is 10.2 Å². The number of carbonyl (C=O) groups is 1. The summed E-state index contributed by atoms with van der Waals surface area (Å²) in [7, 11) is 0. The van der Waals surface area contributed by atoms with Crippen LogP contribution in [0, 0.1) is 0 Å². The molecule has 1 N–H and O–H groups in total. The quantitative estimate of drug-likeness (QED) is 0.835. The minimum absolute atomic E-state index is 0.192. The molecule has 2 heterocycles. The molecule has 0 radical (unpaired) electrons. The molecule has 5 nitrogen and oxygen atoms in total. The second-order valence-corrected chi connectivity index (χ2v) is 4.34. The average Bonchev–Trinajstić information content (AvgIpc) is 2.46. The topological polar surface area (TPSA) is 48.5 Å². The van der Waals surface area contributed by atoms with Gasteiger partial charge in [-0.3, -0.25) is 4.79 Å². The summed E-state index contributed by atoms with van der Waals surface area (Å²) < 4.78 is 0. The smallest absolute Gasteiger partial charge is 0.236 e. The maximum Gasteiger partial charge on any atom is 0.236 e. The Bertz CT molecular complexity index is 374. The van der Waals surface area contributed by atoms with E-state index in [0.29, 0.717) is 6.54 Å². The summed E-state index contributed by atoms with van der Waals surface area (Å²) >= 11 is 0. The van der Waals surface area contributed by atoms with Crippen molar-refractivity contribution < 1.29 is 4.79 Å². The molecule has 0 spiro atoms. The molecule has 0 atom stereocenters. The number of nitrogens with one attached hydrogen (secondary N) is 1. The van der Waals surface area contributed by atoms with Crippen LogP contribution in [-0.4, -0.2) is 55.1 Å². The zero-order valence-corrected chi connectivity index (χ0v) is 10.8. The Labute approximate surface area is 108 Å². The Morgan fingerprint density at radius 1 is 1.33 bits per heavy atom. The highest BCUT2D eigenvalue weighted by Gasteiger charge is 2.20. The molecular weight excluding hydrogens is 228 g/mol. The monoisotopic (exact) mass is 248 g/mol. The Morgan fingerprint density at radius 2 is 2.11 bits per heavy atom. The number of aromatic nitrogens is 1. The highest BCUT2D eigenvalue weighted by molar-refractivity contribution is 5.78. The van der Waals surface area contributed by atoms with Crippen LogP contribution in [0.4, 0.5) is 5.82 Å². The predicted octanol–water partition coefficient (Wildman–Crippen LogP) is 0.340. The number of amides is 1. The fourth-order valence-electron chi connectivity index (χ4n) is 2.07. The highest BCUT2D eigenvalue weighted by atomic mass is 16.2. The molecule has 1 aliphatic rings. The van der Waals surface area contributed by atoms with Crippen LogP contribution in [0.3, 0.4) is 0 Å². The van der Waals surface area contributed by atoms with E-state index in [2.05, 4.69) is 15.2 Å². The van der Waals surface area contributed by atoms with Crippen molar-refractivity contribution in [2.45, 2.75) is 6.92 Å². The first kappa shape index (κ1) is 12.8. The molecule has 1 aliphatic heterocycles. The lowest BCUT2D eigenvalue weighted by atomic mass is 10.3. The third-order valence-corrected chi connectivity index (χ3v) is 3.13. The van der Waals surface area contributed by atoms with Crippen LogP contribution in [0.5, 0.6) is 0 Å². The van der Waals surface area contributed by atoms with Crippen molar-refractivity contribution in [1.29, 1.82) is 0 Å². The van der Waals surface area contributed by atoms with Crippen molar-refractivity contribution >= 4 is 11.7 Å². The maximum absolute atomic E-state index is 11.8. The predicted molar refractivity (Wildman–Crippen MR) is 71.6 cm³/mol. The van der Waals surface area contributed by atoms with Crippen LogP contribution in [0.15, 0.2) is 24.4 Å². The second-order valence-electron chi connectivity index (χ2n) is 4.34. The van der Waals surface area contributed by atoms with E-state index in [1.54, 1.807) is 6.20 Å². The normalized spacial score (nSPS) is 15.8. The Kier molecular flexibility index (Phi) is 4.52. The number of anilines is 1. The van der Waals surface area contributed by atoms with E-state index in [1.807, 2.05) is 30.0 Å². The molecule has 5 heteroatoms. The Hall–Kier alpha value is -1.62. The summed E-state index contributed by atoms with van der Waals surface area (Å²) in [5.74, 6) is 1.19. The summed E-state index contributed by atoms with van der Waals surface area (Å²) in [6.07, 6.45) is 1.80. The van der Waals surface area contributed by atoms with E-state index < -0.39 is 0 Å². The van der Waals surface area contributed by atoms with Crippen LogP contribution in [-0.2, 0) is 4.79 Å². The zero-order valence-electron chi connectivity index (χ0n) is 10.8. The number of nitrogens with zero attached hydrogens (tertiary/aromatic N) is 3. The summed E-state index contributed by atoms with van der Waals surface area (Å²) in [6, 6.07) is 5.92. The largest absolute Gasteiger partial charge is 0.353 e. The van der Waals surface area contributed by atoms with Gasteiger partial charge in [0.25, 0.3) is 0 Å². The van der Waals surface area contributed by atoms with Crippen LogP contribution in [0.1, 0.15) is 6.92 Å². The van der Waals surface area contributed by atoms with Gasteiger partial charge in [0.05, 0.1) is 6.54 Å². The van der Waals surface area contributed by atoms with Gasteiger partial charge in [0, 0.05) is 32.4 Å². The van der Waals surface area contributed by atoms with E-state index in [0.717, 1.165) is 38.5 Å². The molecule has 0 bridgehead atoms. The molecular formula is C13H20N4O. The van der Waals surface area contributed by atoms with E-state index in [9.17, 15) is 4.79 Å². The first-order chi connectivity index (χ1) is 8.81. The minimum Gasteiger partial charge on any atom is -0.353 e.